The minimum absolute atomic E-state index is 0.0163. The van der Waals surface area contributed by atoms with E-state index in [0.717, 1.165) is 6.42 Å². The Hall–Kier alpha value is -2.09. The fraction of sp³-hybridized carbons (Fsp3) is 0.579. The zero-order valence-corrected chi connectivity index (χ0v) is 16.8. The summed E-state index contributed by atoms with van der Waals surface area (Å²) in [5.41, 5.74) is 0.693. The first-order chi connectivity index (χ1) is 12.9. The summed E-state index contributed by atoms with van der Waals surface area (Å²) in [5.74, 6) is 1.18. The number of carbonyl (C=O) groups excluding carboxylic acids is 2. The van der Waals surface area contributed by atoms with Crippen molar-refractivity contribution in [2.24, 2.45) is 5.92 Å². The molecule has 3 unspecified atom stereocenters. The number of benzene rings is 1. The van der Waals surface area contributed by atoms with Crippen LogP contribution in [0.5, 0.6) is 11.5 Å². The van der Waals surface area contributed by atoms with Crippen molar-refractivity contribution in [2.75, 3.05) is 44.5 Å². The molecule has 3 atom stereocenters. The maximum Gasteiger partial charge on any atom is 0.228 e. The molecule has 148 valence electrons. The minimum atomic E-state index is -0.889. The van der Waals surface area contributed by atoms with Gasteiger partial charge in [0.2, 0.25) is 11.8 Å². The Kier molecular flexibility index (Phi) is 6.04. The third-order valence-electron chi connectivity index (χ3n) is 5.28. The van der Waals surface area contributed by atoms with Crippen LogP contribution in [0.4, 0.5) is 5.69 Å². The van der Waals surface area contributed by atoms with Crippen LogP contribution in [-0.2, 0) is 20.4 Å². The topological polar surface area (TPSA) is 76.2 Å². The van der Waals surface area contributed by atoms with Gasteiger partial charge in [-0.2, -0.15) is 0 Å². The lowest BCUT2D eigenvalue weighted by atomic mass is 10.1. The van der Waals surface area contributed by atoms with E-state index in [2.05, 4.69) is 0 Å². The standard InChI is InChI=1S/C19H26N2O5S/c1-13-6-7-20(8-9-27(13)24)19(23)14-10-18(22)21(12-14)15-4-5-16(25-2)17(11-15)26-3/h4-5,11,13-14H,6-10,12H2,1-3H3. The van der Waals surface area contributed by atoms with Gasteiger partial charge in [0.25, 0.3) is 0 Å². The van der Waals surface area contributed by atoms with Crippen molar-refractivity contribution in [2.45, 2.75) is 25.0 Å². The van der Waals surface area contributed by atoms with Crippen LogP contribution in [0, 0.1) is 5.92 Å². The lowest BCUT2D eigenvalue weighted by Crippen LogP contribution is -2.39. The van der Waals surface area contributed by atoms with E-state index in [4.69, 9.17) is 9.47 Å². The van der Waals surface area contributed by atoms with Gasteiger partial charge in [0, 0.05) is 59.6 Å². The van der Waals surface area contributed by atoms with Crippen LogP contribution in [0.1, 0.15) is 19.8 Å². The summed E-state index contributed by atoms with van der Waals surface area (Å²) in [6.07, 6.45) is 0.931. The van der Waals surface area contributed by atoms with Gasteiger partial charge in [0.05, 0.1) is 20.1 Å². The molecule has 2 heterocycles. The Morgan fingerprint density at radius 1 is 1.19 bits per heavy atom. The van der Waals surface area contributed by atoms with E-state index in [0.29, 0.717) is 42.6 Å². The highest BCUT2D eigenvalue weighted by Gasteiger charge is 2.38. The molecule has 2 aliphatic rings. The van der Waals surface area contributed by atoms with E-state index in [-0.39, 0.29) is 29.4 Å². The van der Waals surface area contributed by atoms with Crippen molar-refractivity contribution < 1.29 is 23.3 Å². The van der Waals surface area contributed by atoms with Crippen LogP contribution >= 0.6 is 0 Å². The summed E-state index contributed by atoms with van der Waals surface area (Å²) < 4.78 is 22.5. The Balaban J connectivity index is 1.71. The number of rotatable bonds is 4. The molecular weight excluding hydrogens is 368 g/mol. The Labute approximate surface area is 162 Å². The van der Waals surface area contributed by atoms with Gasteiger partial charge in [0.15, 0.2) is 11.5 Å². The Morgan fingerprint density at radius 3 is 2.63 bits per heavy atom. The van der Waals surface area contributed by atoms with Crippen LogP contribution in [0.15, 0.2) is 18.2 Å². The maximum absolute atomic E-state index is 12.9. The molecule has 27 heavy (non-hydrogen) atoms. The van der Waals surface area contributed by atoms with Gasteiger partial charge >= 0.3 is 0 Å². The van der Waals surface area contributed by atoms with Gasteiger partial charge in [-0.1, -0.05) is 6.92 Å². The SMILES string of the molecule is COc1ccc(N2CC(C(=O)N3CCC(C)S(=O)CC3)CC2=O)cc1OC. The molecule has 2 aliphatic heterocycles. The molecule has 0 aromatic heterocycles. The average Bonchev–Trinajstić information content (AvgIpc) is 2.99. The number of carbonyl (C=O) groups is 2. The van der Waals surface area contributed by atoms with Gasteiger partial charge < -0.3 is 19.3 Å². The monoisotopic (exact) mass is 394 g/mol. The van der Waals surface area contributed by atoms with Gasteiger partial charge in [-0.3, -0.25) is 13.8 Å². The molecule has 0 N–H and O–H groups in total. The van der Waals surface area contributed by atoms with E-state index in [1.54, 1.807) is 42.2 Å². The van der Waals surface area contributed by atoms with Crippen molar-refractivity contribution in [1.82, 2.24) is 4.90 Å². The summed E-state index contributed by atoms with van der Waals surface area (Å²) in [6.45, 7) is 3.41. The largest absolute Gasteiger partial charge is 0.493 e. The lowest BCUT2D eigenvalue weighted by Gasteiger charge is -2.24. The first kappa shape index (κ1) is 19.7. The molecule has 2 saturated heterocycles. The van der Waals surface area contributed by atoms with Crippen LogP contribution in [0.3, 0.4) is 0 Å². The fourth-order valence-electron chi connectivity index (χ4n) is 3.58. The first-order valence-corrected chi connectivity index (χ1v) is 10.5. The number of nitrogens with zero attached hydrogens (tertiary/aromatic N) is 2. The second kappa shape index (κ2) is 8.29. The van der Waals surface area contributed by atoms with E-state index in [1.807, 2.05) is 6.92 Å². The first-order valence-electron chi connectivity index (χ1n) is 9.13. The van der Waals surface area contributed by atoms with Gasteiger partial charge in [0.1, 0.15) is 0 Å². The van der Waals surface area contributed by atoms with E-state index in [9.17, 15) is 13.8 Å². The minimum Gasteiger partial charge on any atom is -0.493 e. The predicted molar refractivity (Wildman–Crippen MR) is 104 cm³/mol. The number of methoxy groups -OCH3 is 2. The number of amides is 2. The van der Waals surface area contributed by atoms with Crippen molar-refractivity contribution >= 4 is 28.3 Å². The predicted octanol–water partition coefficient (Wildman–Crippen LogP) is 1.43. The zero-order chi connectivity index (χ0) is 19.6. The van der Waals surface area contributed by atoms with Crippen LogP contribution in [0.2, 0.25) is 0 Å². The molecule has 0 spiro atoms. The molecule has 1 aromatic rings. The molecule has 1 aromatic carbocycles. The summed E-state index contributed by atoms with van der Waals surface area (Å²) in [6, 6.07) is 5.30. The number of anilines is 1. The number of hydrogen-bond acceptors (Lipinski definition) is 5. The maximum atomic E-state index is 12.9. The van der Waals surface area contributed by atoms with E-state index in [1.165, 1.54) is 0 Å². The highest BCUT2D eigenvalue weighted by Crippen LogP contribution is 2.34. The Bertz CT molecular complexity index is 754. The van der Waals surface area contributed by atoms with Crippen molar-refractivity contribution in [3.8, 4) is 11.5 Å². The summed E-state index contributed by atoms with van der Waals surface area (Å²) in [5, 5.41) is 0.108. The lowest BCUT2D eigenvalue weighted by molar-refractivity contribution is -0.135. The molecule has 0 saturated carbocycles. The summed E-state index contributed by atoms with van der Waals surface area (Å²) >= 11 is 0. The third-order valence-corrected chi connectivity index (χ3v) is 7.00. The molecule has 0 aliphatic carbocycles. The van der Waals surface area contributed by atoms with Gasteiger partial charge in [-0.15, -0.1) is 0 Å². The smallest absolute Gasteiger partial charge is 0.228 e. The molecule has 0 radical (unpaired) electrons. The van der Waals surface area contributed by atoms with Crippen molar-refractivity contribution in [3.63, 3.8) is 0 Å². The Morgan fingerprint density at radius 2 is 1.93 bits per heavy atom. The average molecular weight is 394 g/mol. The fourth-order valence-corrected chi connectivity index (χ4v) is 4.75. The van der Waals surface area contributed by atoms with E-state index >= 15 is 0 Å². The quantitative estimate of drug-likeness (QED) is 0.772. The molecule has 2 fully saturated rings. The number of hydrogen-bond donors (Lipinski definition) is 0. The van der Waals surface area contributed by atoms with Gasteiger partial charge in [-0.25, -0.2) is 0 Å². The summed E-state index contributed by atoms with van der Waals surface area (Å²) in [4.78, 5) is 28.9. The van der Waals surface area contributed by atoms with Crippen molar-refractivity contribution in [3.05, 3.63) is 18.2 Å². The van der Waals surface area contributed by atoms with Crippen LogP contribution in [-0.4, -0.2) is 65.8 Å². The summed E-state index contributed by atoms with van der Waals surface area (Å²) in [7, 11) is 2.21. The number of ether oxygens (including phenoxy) is 2. The van der Waals surface area contributed by atoms with Crippen molar-refractivity contribution in [1.29, 1.82) is 0 Å². The normalized spacial score (nSPS) is 26.0. The molecule has 3 rings (SSSR count). The highest BCUT2D eigenvalue weighted by molar-refractivity contribution is 7.85. The van der Waals surface area contributed by atoms with Gasteiger partial charge in [-0.05, 0) is 18.6 Å². The molecule has 8 heteroatoms. The zero-order valence-electron chi connectivity index (χ0n) is 16.0. The third kappa shape index (κ3) is 4.10. The second-order valence-corrected chi connectivity index (χ2v) is 8.93. The molecule has 2 amide bonds. The highest BCUT2D eigenvalue weighted by atomic mass is 32.2. The molecular formula is C19H26N2O5S. The van der Waals surface area contributed by atoms with Crippen LogP contribution in [0.25, 0.3) is 0 Å². The second-order valence-electron chi connectivity index (χ2n) is 6.95. The molecule has 0 bridgehead atoms. The van der Waals surface area contributed by atoms with Crippen LogP contribution < -0.4 is 14.4 Å². The molecule has 7 nitrogen and oxygen atoms in total. The van der Waals surface area contributed by atoms with E-state index < -0.39 is 10.8 Å².